The summed E-state index contributed by atoms with van der Waals surface area (Å²) in [7, 11) is 3.90. The second-order valence-electron chi connectivity index (χ2n) is 8.18. The molecule has 6 aromatic rings. The predicted molar refractivity (Wildman–Crippen MR) is 135 cm³/mol. The first kappa shape index (κ1) is 28.3. The van der Waals surface area contributed by atoms with Crippen molar-refractivity contribution in [2.24, 2.45) is 14.1 Å². The minimum Gasteiger partial charge on any atom is -0.348 e. The Bertz CT molecular complexity index is 1410. The van der Waals surface area contributed by atoms with E-state index in [0.29, 0.717) is 11.5 Å². The zero-order valence-electron chi connectivity index (χ0n) is 21.4. The van der Waals surface area contributed by atoms with Gasteiger partial charge in [-0.3, -0.25) is 15.3 Å². The maximum absolute atomic E-state index is 4.02. The normalized spacial score (nSPS) is 9.89. The van der Waals surface area contributed by atoms with Crippen LogP contribution < -0.4 is 14.2 Å². The van der Waals surface area contributed by atoms with E-state index in [1.165, 1.54) is 11.1 Å². The Balaban J connectivity index is 0.000000156. The quantitative estimate of drug-likeness (QED) is 0.212. The summed E-state index contributed by atoms with van der Waals surface area (Å²) in [5, 5.41) is 14.0. The molecule has 6 rings (SSSR count). The van der Waals surface area contributed by atoms with E-state index in [4.69, 9.17) is 0 Å². The average Bonchev–Trinajstić information content (AvgIpc) is 3.69. The zero-order chi connectivity index (χ0) is 26.0. The van der Waals surface area contributed by atoms with Gasteiger partial charge in [-0.25, -0.2) is 0 Å². The van der Waals surface area contributed by atoms with Crippen LogP contribution in [0, 0.1) is 38.6 Å². The van der Waals surface area contributed by atoms with Crippen molar-refractivity contribution < 1.29 is 29.2 Å². The molecule has 4 aromatic heterocycles. The molecule has 1 radical (unpaired) electrons. The van der Waals surface area contributed by atoms with Crippen LogP contribution in [0.2, 0.25) is 0 Å². The van der Waals surface area contributed by atoms with Crippen LogP contribution in [0.4, 0.5) is 0 Å². The predicted octanol–water partition coefficient (Wildman–Crippen LogP) is 2.31. The van der Waals surface area contributed by atoms with Crippen LogP contribution in [0.25, 0.3) is 22.9 Å². The number of benzene rings is 2. The second-order valence-corrected chi connectivity index (χ2v) is 8.18. The Labute approximate surface area is 235 Å². The summed E-state index contributed by atoms with van der Waals surface area (Å²) in [6.07, 6.45) is 15.7. The Kier molecular flexibility index (Phi) is 10.3. The monoisotopic (exact) mass is 681 g/mol. The third-order valence-electron chi connectivity index (χ3n) is 5.05. The fraction of sp³-hybridized carbons (Fsp3) is 0.143. The minimum absolute atomic E-state index is 0. The van der Waals surface area contributed by atoms with Gasteiger partial charge in [0.15, 0.2) is 0 Å². The van der Waals surface area contributed by atoms with Crippen molar-refractivity contribution in [3.05, 3.63) is 121 Å². The van der Waals surface area contributed by atoms with E-state index >= 15 is 0 Å². The summed E-state index contributed by atoms with van der Waals surface area (Å²) < 4.78 is 7.60. The fourth-order valence-electron chi connectivity index (χ4n) is 3.11. The Morgan fingerprint density at radius 1 is 0.789 bits per heavy atom. The molecule has 2 aromatic carbocycles. The van der Waals surface area contributed by atoms with Crippen LogP contribution >= 0.6 is 0 Å². The molecule has 0 bridgehead atoms. The van der Waals surface area contributed by atoms with Gasteiger partial charge >= 0.3 is 0 Å². The van der Waals surface area contributed by atoms with E-state index < -0.39 is 0 Å². The molecule has 10 heteroatoms. The minimum atomic E-state index is 0. The fourth-order valence-corrected chi connectivity index (χ4v) is 3.11. The maximum atomic E-state index is 4.02. The first-order valence-electron chi connectivity index (χ1n) is 11.5. The average molecular weight is 681 g/mol. The van der Waals surface area contributed by atoms with Gasteiger partial charge in [0.25, 0.3) is 0 Å². The van der Waals surface area contributed by atoms with Crippen molar-refractivity contribution in [2.45, 2.75) is 13.8 Å². The Morgan fingerprint density at radius 2 is 1.37 bits per heavy atom. The van der Waals surface area contributed by atoms with Crippen LogP contribution in [0.15, 0.2) is 85.6 Å². The molecule has 0 unspecified atom stereocenters. The van der Waals surface area contributed by atoms with Gasteiger partial charge in [-0.05, 0) is 12.1 Å². The summed E-state index contributed by atoms with van der Waals surface area (Å²) in [4.78, 5) is 4.02. The molecule has 0 saturated carbocycles. The molecule has 0 amide bonds. The van der Waals surface area contributed by atoms with Crippen molar-refractivity contribution >= 4 is 0 Å². The molecule has 0 aliphatic rings. The second kappa shape index (κ2) is 13.9. The summed E-state index contributed by atoms with van der Waals surface area (Å²) in [5.41, 5.74) is 5.18. The third kappa shape index (κ3) is 8.12. The molecule has 0 atom stereocenters. The SMILES string of the molecule is Cc1c[c-]c(-n2[c-][n+](C)cc2)cc1.Cc1c[c-]c(-n2[c-][n+](C)cc2)cc1.[Ir].c1ccc(-c2nnn[n-]2)nc1. The summed E-state index contributed by atoms with van der Waals surface area (Å²) in [6.45, 7) is 4.11. The smallest absolute Gasteiger partial charge is 0.241 e. The van der Waals surface area contributed by atoms with Crippen LogP contribution in [0.1, 0.15) is 11.1 Å². The Morgan fingerprint density at radius 3 is 1.74 bits per heavy atom. The third-order valence-corrected chi connectivity index (χ3v) is 5.05. The number of pyridine rings is 1. The molecular weight excluding hydrogens is 655 g/mol. The number of aromatic nitrogens is 9. The van der Waals surface area contributed by atoms with Gasteiger partial charge in [-0.2, -0.15) is 64.9 Å². The topological polar surface area (TPSA) is 83.3 Å². The van der Waals surface area contributed by atoms with Crippen molar-refractivity contribution in [2.75, 3.05) is 0 Å². The molecule has 4 heterocycles. The number of rotatable bonds is 3. The molecule has 0 spiro atoms. The van der Waals surface area contributed by atoms with Gasteiger partial charge in [0.2, 0.25) is 12.7 Å². The molecule has 0 aliphatic heterocycles. The van der Waals surface area contributed by atoms with Crippen LogP contribution in [-0.2, 0) is 34.2 Å². The van der Waals surface area contributed by atoms with Crippen molar-refractivity contribution in [1.29, 1.82) is 0 Å². The van der Waals surface area contributed by atoms with Gasteiger partial charge in [0.05, 0.1) is 25.6 Å². The molecule has 38 heavy (non-hydrogen) atoms. The number of hydrogen-bond acceptors (Lipinski definition) is 4. The number of hydrogen-bond donors (Lipinski definition) is 0. The molecule has 9 nitrogen and oxygen atoms in total. The number of aryl methyl sites for hydroxylation is 4. The first-order chi connectivity index (χ1) is 18.0. The van der Waals surface area contributed by atoms with Gasteiger partial charge in [0.1, 0.15) is 0 Å². The van der Waals surface area contributed by atoms with E-state index in [2.05, 4.69) is 76.4 Å². The van der Waals surface area contributed by atoms with E-state index in [1.807, 2.05) is 93.5 Å². The maximum Gasteiger partial charge on any atom is 0.241 e. The molecule has 0 aliphatic carbocycles. The van der Waals surface area contributed by atoms with Crippen molar-refractivity contribution in [3.63, 3.8) is 0 Å². The largest absolute Gasteiger partial charge is 0.348 e. The van der Waals surface area contributed by atoms with Gasteiger partial charge < -0.3 is 23.4 Å². The first-order valence-corrected chi connectivity index (χ1v) is 11.5. The van der Waals surface area contributed by atoms with Gasteiger partial charge in [0, 0.05) is 51.1 Å². The number of nitrogens with zero attached hydrogens (tertiary/aromatic N) is 9. The summed E-state index contributed by atoms with van der Waals surface area (Å²) >= 11 is 0. The van der Waals surface area contributed by atoms with E-state index in [1.54, 1.807) is 12.3 Å². The van der Waals surface area contributed by atoms with Gasteiger partial charge in [-0.15, -0.1) is 0 Å². The van der Waals surface area contributed by atoms with E-state index in [9.17, 15) is 0 Å². The summed E-state index contributed by atoms with van der Waals surface area (Å²) in [6, 6.07) is 24.0. The molecule has 0 N–H and O–H groups in total. The molecule has 195 valence electrons. The van der Waals surface area contributed by atoms with Crippen LogP contribution in [-0.4, -0.2) is 29.6 Å². The van der Waals surface area contributed by atoms with E-state index in [-0.39, 0.29) is 20.1 Å². The number of imidazole rings is 2. The van der Waals surface area contributed by atoms with Crippen molar-refractivity contribution in [3.8, 4) is 22.9 Å². The molecule has 0 saturated heterocycles. The number of tetrazole rings is 1. The summed E-state index contributed by atoms with van der Waals surface area (Å²) in [5.74, 6) is 0.464. The van der Waals surface area contributed by atoms with Gasteiger partial charge in [-0.1, -0.05) is 31.3 Å². The zero-order valence-corrected chi connectivity index (χ0v) is 23.8. The molecular formula is C28H26IrN9-3. The van der Waals surface area contributed by atoms with Crippen molar-refractivity contribution in [1.82, 2.24) is 34.7 Å². The van der Waals surface area contributed by atoms with Crippen LogP contribution in [0.5, 0.6) is 0 Å². The standard InChI is InChI=1S/2C11H11N2.C6H4N5.Ir/c2*1-10-3-5-11(6-4-10)13-8-7-12(2)9-13;1-2-4-7-5(3-1)6-8-10-11-9-6;/h2*3-5,7-8H,1-2H3;1-4H;/q3*-1;. The molecule has 0 fully saturated rings. The van der Waals surface area contributed by atoms with Crippen LogP contribution in [0.3, 0.4) is 0 Å². The Hall–Kier alpha value is -4.27. The van der Waals surface area contributed by atoms with E-state index in [0.717, 1.165) is 11.4 Å².